The Kier molecular flexibility index (Phi) is 11.9. The van der Waals surface area contributed by atoms with Gasteiger partial charge in [0.15, 0.2) is 5.82 Å². The van der Waals surface area contributed by atoms with Gasteiger partial charge in [-0.05, 0) is 87.8 Å². The largest absolute Gasteiger partial charge is 0.384 e. The fraction of sp³-hybridized carbons (Fsp3) is 0.368. The normalized spacial score (nSPS) is 13.6. The van der Waals surface area contributed by atoms with Crippen LogP contribution in [0, 0.1) is 18.7 Å². The van der Waals surface area contributed by atoms with Crippen molar-refractivity contribution in [3.05, 3.63) is 96.0 Å². The lowest BCUT2D eigenvalue weighted by Crippen LogP contribution is -2.20. The molecule has 10 heteroatoms. The first-order chi connectivity index (χ1) is 23.4. The number of hydrogen-bond donors (Lipinski definition) is 4. The molecular formula is C38H48FN9. The SMILES string of the molecule is C=C/C=C(/c1cc(F)cc(NCCN(C)C)c1)c1nc(-c2n[nH]c3cnc(-c4cncc(CNCC5CCCC5)c4)cc23)[nH]c1C.CC. The highest BCUT2D eigenvalue weighted by molar-refractivity contribution is 5.93. The highest BCUT2D eigenvalue weighted by Gasteiger charge is 2.20. The van der Waals surface area contributed by atoms with Gasteiger partial charge in [-0.15, -0.1) is 0 Å². The van der Waals surface area contributed by atoms with Gasteiger partial charge in [-0.1, -0.05) is 45.4 Å². The predicted octanol–water partition coefficient (Wildman–Crippen LogP) is 7.75. The Hall–Kier alpha value is -4.67. The van der Waals surface area contributed by atoms with Crippen molar-refractivity contribution in [2.45, 2.75) is 53.0 Å². The standard InChI is InChI=1S/C36H42FN9.C2H6/c1-5-8-30(26-14-28(37)16-29(15-26)40-11-12-46(3)4)34-23(2)42-36(43-34)35-31-17-32(41-22-33(31)44-45-35)27-13-25(20-39-21-27)19-38-18-24-9-6-7-10-24;1-2/h5,8,13-17,20-22,24,38,40H,1,6-7,9-12,18-19H2,2-4H3,(H,42,43)(H,44,45);1-2H3/b30-8-;. The third kappa shape index (κ3) is 8.42. The number of imidazole rings is 1. The zero-order chi connectivity index (χ0) is 34.0. The lowest BCUT2D eigenvalue weighted by Gasteiger charge is -2.13. The quantitative estimate of drug-likeness (QED) is 0.0966. The number of pyridine rings is 2. The number of H-pyrrole nitrogens is 2. The van der Waals surface area contributed by atoms with Gasteiger partial charge in [-0.2, -0.15) is 5.10 Å². The number of likely N-dealkylation sites (N-methyl/N-ethyl adjacent to an activating group) is 1. The fourth-order valence-electron chi connectivity index (χ4n) is 6.15. The molecule has 0 aliphatic heterocycles. The number of aromatic nitrogens is 6. The molecule has 4 aromatic heterocycles. The topological polar surface area (TPSA) is 110 Å². The van der Waals surface area contributed by atoms with Crippen LogP contribution in [0.25, 0.3) is 39.3 Å². The monoisotopic (exact) mass is 649 g/mol. The molecule has 1 saturated carbocycles. The summed E-state index contributed by atoms with van der Waals surface area (Å²) in [5.74, 6) is 1.07. The van der Waals surface area contributed by atoms with Crippen molar-refractivity contribution < 1.29 is 4.39 Å². The smallest absolute Gasteiger partial charge is 0.159 e. The first-order valence-electron chi connectivity index (χ1n) is 17.0. The van der Waals surface area contributed by atoms with Crippen LogP contribution in [0.2, 0.25) is 0 Å². The molecule has 0 radical (unpaired) electrons. The van der Waals surface area contributed by atoms with Gasteiger partial charge in [-0.25, -0.2) is 9.37 Å². The van der Waals surface area contributed by atoms with Gasteiger partial charge in [0.05, 0.1) is 23.1 Å². The second kappa shape index (κ2) is 16.4. The molecule has 4 heterocycles. The Bertz CT molecular complexity index is 1850. The van der Waals surface area contributed by atoms with E-state index in [1.54, 1.807) is 12.3 Å². The number of aromatic amines is 2. The maximum atomic E-state index is 14.8. The number of fused-ring (bicyclic) bond motifs is 1. The maximum Gasteiger partial charge on any atom is 0.159 e. The summed E-state index contributed by atoms with van der Waals surface area (Å²) in [4.78, 5) is 19.7. The first kappa shape index (κ1) is 34.7. The molecule has 5 aromatic rings. The van der Waals surface area contributed by atoms with Crippen LogP contribution >= 0.6 is 0 Å². The van der Waals surface area contributed by atoms with E-state index in [4.69, 9.17) is 9.97 Å². The van der Waals surface area contributed by atoms with Crippen LogP contribution in [-0.2, 0) is 6.54 Å². The fourth-order valence-corrected chi connectivity index (χ4v) is 6.15. The maximum absolute atomic E-state index is 14.8. The summed E-state index contributed by atoms with van der Waals surface area (Å²) < 4.78 is 14.8. The average molecular weight is 650 g/mol. The summed E-state index contributed by atoms with van der Waals surface area (Å²) in [6, 6.07) is 9.14. The van der Waals surface area contributed by atoms with E-state index >= 15 is 0 Å². The molecule has 1 aliphatic carbocycles. The Balaban J connectivity index is 0.00000221. The molecule has 0 bridgehead atoms. The zero-order valence-corrected chi connectivity index (χ0v) is 28.8. The highest BCUT2D eigenvalue weighted by Crippen LogP contribution is 2.33. The van der Waals surface area contributed by atoms with E-state index in [2.05, 4.69) is 48.3 Å². The number of halogens is 1. The van der Waals surface area contributed by atoms with Crippen LogP contribution in [0.5, 0.6) is 0 Å². The molecule has 0 amide bonds. The molecule has 252 valence electrons. The molecule has 48 heavy (non-hydrogen) atoms. The third-order valence-corrected chi connectivity index (χ3v) is 8.52. The zero-order valence-electron chi connectivity index (χ0n) is 28.8. The first-order valence-corrected chi connectivity index (χ1v) is 17.0. The number of nitrogens with zero attached hydrogens (tertiary/aromatic N) is 5. The van der Waals surface area contributed by atoms with Gasteiger partial charge in [0.2, 0.25) is 0 Å². The summed E-state index contributed by atoms with van der Waals surface area (Å²) in [7, 11) is 4.01. The van der Waals surface area contributed by atoms with Gasteiger partial charge >= 0.3 is 0 Å². The molecule has 1 aromatic carbocycles. The minimum Gasteiger partial charge on any atom is -0.384 e. The van der Waals surface area contributed by atoms with Gasteiger partial charge in [0.25, 0.3) is 0 Å². The van der Waals surface area contributed by atoms with E-state index in [1.807, 2.05) is 65.5 Å². The van der Waals surface area contributed by atoms with Gasteiger partial charge in [0.1, 0.15) is 11.5 Å². The number of hydrogen-bond acceptors (Lipinski definition) is 7. The number of benzene rings is 1. The summed E-state index contributed by atoms with van der Waals surface area (Å²) >= 11 is 0. The van der Waals surface area contributed by atoms with Crippen LogP contribution in [0.4, 0.5) is 10.1 Å². The molecule has 0 spiro atoms. The Labute approximate surface area is 283 Å². The summed E-state index contributed by atoms with van der Waals surface area (Å²) in [5.41, 5.74) is 8.08. The van der Waals surface area contributed by atoms with E-state index < -0.39 is 0 Å². The summed E-state index contributed by atoms with van der Waals surface area (Å²) in [5, 5.41) is 15.5. The minimum atomic E-state index is -0.324. The molecule has 4 N–H and O–H groups in total. The van der Waals surface area contributed by atoms with Crippen LogP contribution in [0.3, 0.4) is 0 Å². The lowest BCUT2D eigenvalue weighted by atomic mass is 10.00. The van der Waals surface area contributed by atoms with Crippen molar-refractivity contribution in [3.8, 4) is 22.8 Å². The van der Waals surface area contributed by atoms with E-state index in [0.29, 0.717) is 35.0 Å². The Morgan fingerprint density at radius 1 is 1.08 bits per heavy atom. The minimum absolute atomic E-state index is 0.324. The molecule has 0 unspecified atom stereocenters. The van der Waals surface area contributed by atoms with Crippen molar-refractivity contribution >= 4 is 22.2 Å². The average Bonchev–Trinajstić information content (AvgIpc) is 3.84. The second-order valence-electron chi connectivity index (χ2n) is 12.4. The van der Waals surface area contributed by atoms with Crippen LogP contribution in [-0.4, -0.2) is 68.8 Å². The molecule has 6 rings (SSSR count). The molecule has 0 saturated heterocycles. The van der Waals surface area contributed by atoms with Crippen molar-refractivity contribution in [2.24, 2.45) is 5.92 Å². The summed E-state index contributed by atoms with van der Waals surface area (Å²) in [6.45, 7) is 13.2. The number of rotatable bonds is 13. The van der Waals surface area contributed by atoms with Crippen LogP contribution in [0.1, 0.15) is 62.0 Å². The third-order valence-electron chi connectivity index (χ3n) is 8.52. The van der Waals surface area contributed by atoms with Crippen molar-refractivity contribution in [1.29, 1.82) is 0 Å². The van der Waals surface area contributed by atoms with Crippen LogP contribution in [0.15, 0.2) is 67.7 Å². The molecular weight excluding hydrogens is 601 g/mol. The molecule has 9 nitrogen and oxygen atoms in total. The van der Waals surface area contributed by atoms with E-state index in [-0.39, 0.29) is 5.82 Å². The number of anilines is 1. The van der Waals surface area contributed by atoms with E-state index in [0.717, 1.165) is 64.5 Å². The van der Waals surface area contributed by atoms with Gasteiger partial charge < -0.3 is 20.5 Å². The van der Waals surface area contributed by atoms with Crippen molar-refractivity contribution in [2.75, 3.05) is 39.0 Å². The number of allylic oxidation sites excluding steroid dienone is 2. The second-order valence-corrected chi connectivity index (χ2v) is 12.4. The summed E-state index contributed by atoms with van der Waals surface area (Å²) in [6.07, 6.45) is 14.5. The van der Waals surface area contributed by atoms with E-state index in [1.165, 1.54) is 37.8 Å². The van der Waals surface area contributed by atoms with Gasteiger partial charge in [0, 0.05) is 59.9 Å². The van der Waals surface area contributed by atoms with E-state index in [9.17, 15) is 4.39 Å². The number of nitrogens with one attached hydrogen (secondary N) is 4. The van der Waals surface area contributed by atoms with Crippen LogP contribution < -0.4 is 10.6 Å². The Morgan fingerprint density at radius 3 is 2.67 bits per heavy atom. The lowest BCUT2D eigenvalue weighted by molar-refractivity contribution is 0.425. The molecule has 1 fully saturated rings. The molecule has 1 aliphatic rings. The Morgan fingerprint density at radius 2 is 1.90 bits per heavy atom. The predicted molar refractivity (Wildman–Crippen MR) is 195 cm³/mol. The van der Waals surface area contributed by atoms with Crippen molar-refractivity contribution in [3.63, 3.8) is 0 Å². The highest BCUT2D eigenvalue weighted by atomic mass is 19.1. The molecule has 0 atom stereocenters. The van der Waals surface area contributed by atoms with Crippen molar-refractivity contribution in [1.82, 2.24) is 40.3 Å². The number of aryl methyl sites for hydroxylation is 1. The van der Waals surface area contributed by atoms with Gasteiger partial charge in [-0.3, -0.25) is 15.1 Å².